The molecule has 2 aromatic carbocycles. The van der Waals surface area contributed by atoms with Crippen molar-refractivity contribution in [3.05, 3.63) is 69.8 Å². The Hall–Kier alpha value is -2.86. The van der Waals surface area contributed by atoms with Crippen LogP contribution in [0.4, 0.5) is 8.78 Å². The van der Waals surface area contributed by atoms with E-state index in [1.165, 1.54) is 19.2 Å². The molecule has 1 saturated carbocycles. The number of hydrogen-bond acceptors (Lipinski definition) is 5. The van der Waals surface area contributed by atoms with Gasteiger partial charge in [0.25, 0.3) is 5.91 Å². The van der Waals surface area contributed by atoms with E-state index < -0.39 is 11.7 Å². The molecule has 1 aliphatic carbocycles. The highest BCUT2D eigenvalue weighted by molar-refractivity contribution is 5.94. The number of nitrogens with one attached hydrogen (secondary N) is 4. The number of aryl methyl sites for hydroxylation is 1. The van der Waals surface area contributed by atoms with Crippen LogP contribution in [-0.4, -0.2) is 26.0 Å². The van der Waals surface area contributed by atoms with Crippen LogP contribution < -0.4 is 21.5 Å². The van der Waals surface area contributed by atoms with Crippen LogP contribution in [0.2, 0.25) is 0 Å². The Labute approximate surface area is 192 Å². The number of hydrogen-bond donors (Lipinski definition) is 4. The predicted molar refractivity (Wildman–Crippen MR) is 121 cm³/mol. The summed E-state index contributed by atoms with van der Waals surface area (Å²) < 4.78 is 29.9. The molecule has 1 saturated heterocycles. The largest absolute Gasteiger partial charge is 0.355 e. The van der Waals surface area contributed by atoms with Gasteiger partial charge < -0.3 is 10.6 Å². The molecular weight excluding hydrogens is 424 g/mol. The molecular formula is C25H29F2N5O. The van der Waals surface area contributed by atoms with Gasteiger partial charge in [0.05, 0.1) is 23.6 Å². The number of nitriles is 1. The van der Waals surface area contributed by atoms with E-state index in [4.69, 9.17) is 0 Å². The van der Waals surface area contributed by atoms with Crippen molar-refractivity contribution in [2.45, 2.75) is 44.3 Å². The van der Waals surface area contributed by atoms with Gasteiger partial charge >= 0.3 is 0 Å². The van der Waals surface area contributed by atoms with Crippen LogP contribution >= 0.6 is 0 Å². The van der Waals surface area contributed by atoms with Crippen molar-refractivity contribution in [3.8, 4) is 6.07 Å². The second-order valence-electron chi connectivity index (χ2n) is 9.01. The van der Waals surface area contributed by atoms with E-state index in [2.05, 4.69) is 27.6 Å². The van der Waals surface area contributed by atoms with Crippen molar-refractivity contribution in [2.24, 2.45) is 11.8 Å². The Bertz CT molecular complexity index is 1080. The lowest BCUT2D eigenvalue weighted by Gasteiger charge is -2.37. The zero-order chi connectivity index (χ0) is 23.7. The average Bonchev–Trinajstić information content (AvgIpc) is 3.20. The van der Waals surface area contributed by atoms with E-state index in [-0.39, 0.29) is 41.2 Å². The van der Waals surface area contributed by atoms with Crippen LogP contribution in [-0.2, 0) is 6.54 Å². The van der Waals surface area contributed by atoms with Gasteiger partial charge in [-0.1, -0.05) is 12.1 Å². The van der Waals surface area contributed by atoms with Crippen molar-refractivity contribution >= 4 is 5.91 Å². The van der Waals surface area contributed by atoms with Gasteiger partial charge in [-0.05, 0) is 73.2 Å². The monoisotopic (exact) mass is 453 g/mol. The summed E-state index contributed by atoms with van der Waals surface area (Å²) in [5.41, 5.74) is 9.54. The third-order valence-electron chi connectivity index (χ3n) is 7.03. The number of amides is 1. The summed E-state index contributed by atoms with van der Waals surface area (Å²) in [7, 11) is 3.28. The Morgan fingerprint density at radius 1 is 1.15 bits per heavy atom. The standard InChI is InChI=1S/C25H29F2N5O/c1-13-6-14(12-29-2)7-21(27)23(13)18-10-19-22(9-16(18)11-28)31-32-24(19)15-4-5-17(20(26)8-15)25(33)30-3/h4-8,16,18-19,22,24,29,31-32H,9-10,12H2,1-3H3,(H,30,33). The second-order valence-corrected chi connectivity index (χ2v) is 9.01. The molecule has 174 valence electrons. The molecule has 4 N–H and O–H groups in total. The molecule has 5 unspecified atom stereocenters. The molecule has 0 aromatic heterocycles. The van der Waals surface area contributed by atoms with Crippen molar-refractivity contribution in [1.29, 1.82) is 5.26 Å². The summed E-state index contributed by atoms with van der Waals surface area (Å²) in [5.74, 6) is -1.87. The maximum Gasteiger partial charge on any atom is 0.253 e. The van der Waals surface area contributed by atoms with Gasteiger partial charge in [0.1, 0.15) is 11.6 Å². The first-order valence-corrected chi connectivity index (χ1v) is 11.2. The topological polar surface area (TPSA) is 89.0 Å². The fourth-order valence-corrected chi connectivity index (χ4v) is 5.51. The lowest BCUT2D eigenvalue weighted by Crippen LogP contribution is -2.39. The van der Waals surface area contributed by atoms with E-state index in [9.17, 15) is 14.4 Å². The van der Waals surface area contributed by atoms with E-state index in [0.717, 1.165) is 16.7 Å². The number of rotatable bonds is 5. The molecule has 33 heavy (non-hydrogen) atoms. The number of nitrogens with zero attached hydrogens (tertiary/aromatic N) is 1. The third-order valence-corrected chi connectivity index (χ3v) is 7.03. The summed E-state index contributed by atoms with van der Waals surface area (Å²) >= 11 is 0. The molecule has 1 amide bonds. The summed E-state index contributed by atoms with van der Waals surface area (Å²) in [6.07, 6.45) is 1.17. The summed E-state index contributed by atoms with van der Waals surface area (Å²) in [5, 5.41) is 15.3. The van der Waals surface area contributed by atoms with Gasteiger partial charge in [-0.15, -0.1) is 0 Å². The van der Waals surface area contributed by atoms with Crippen molar-refractivity contribution in [3.63, 3.8) is 0 Å². The quantitative estimate of drug-likeness (QED) is 0.558. The van der Waals surface area contributed by atoms with Crippen LogP contribution in [0.15, 0.2) is 30.3 Å². The first-order chi connectivity index (χ1) is 15.9. The lowest BCUT2D eigenvalue weighted by atomic mass is 9.66. The van der Waals surface area contributed by atoms with E-state index >= 15 is 4.39 Å². The van der Waals surface area contributed by atoms with Crippen LogP contribution in [0, 0.1) is 41.7 Å². The minimum atomic E-state index is -0.582. The molecule has 1 aliphatic heterocycles. The SMILES string of the molecule is CNCc1cc(C)c(C2CC3C(CC2C#N)NNC3c2ccc(C(=O)NC)c(F)c2)c(F)c1. The molecule has 2 fully saturated rings. The van der Waals surface area contributed by atoms with Crippen LogP contribution in [0.1, 0.15) is 57.4 Å². The fourth-order valence-electron chi connectivity index (χ4n) is 5.51. The Morgan fingerprint density at radius 2 is 1.94 bits per heavy atom. The molecule has 6 nitrogen and oxygen atoms in total. The Morgan fingerprint density at radius 3 is 2.58 bits per heavy atom. The third kappa shape index (κ3) is 4.36. The molecule has 2 aliphatic rings. The highest BCUT2D eigenvalue weighted by Crippen LogP contribution is 2.48. The molecule has 1 heterocycles. The van der Waals surface area contributed by atoms with Gasteiger partial charge in [0.15, 0.2) is 0 Å². The van der Waals surface area contributed by atoms with Crippen LogP contribution in [0.5, 0.6) is 0 Å². The van der Waals surface area contributed by atoms with Crippen molar-refractivity contribution in [1.82, 2.24) is 21.5 Å². The highest BCUT2D eigenvalue weighted by atomic mass is 19.1. The van der Waals surface area contributed by atoms with Crippen LogP contribution in [0.3, 0.4) is 0 Å². The van der Waals surface area contributed by atoms with Gasteiger partial charge in [-0.2, -0.15) is 5.26 Å². The summed E-state index contributed by atoms with van der Waals surface area (Å²) in [4.78, 5) is 11.8. The average molecular weight is 454 g/mol. The second kappa shape index (κ2) is 9.56. The van der Waals surface area contributed by atoms with Gasteiger partial charge in [0.2, 0.25) is 0 Å². The minimum absolute atomic E-state index is 0.00539. The lowest BCUT2D eigenvalue weighted by molar-refractivity contribution is 0.0959. The fraction of sp³-hybridized carbons (Fsp3) is 0.440. The molecule has 2 aromatic rings. The zero-order valence-electron chi connectivity index (χ0n) is 19.0. The summed E-state index contributed by atoms with van der Waals surface area (Å²) in [6.45, 7) is 2.47. The van der Waals surface area contributed by atoms with Crippen molar-refractivity contribution in [2.75, 3.05) is 14.1 Å². The van der Waals surface area contributed by atoms with Crippen molar-refractivity contribution < 1.29 is 13.6 Å². The summed E-state index contributed by atoms with van der Waals surface area (Å²) in [6, 6.07) is 10.4. The zero-order valence-corrected chi connectivity index (χ0v) is 19.0. The maximum absolute atomic E-state index is 15.2. The maximum atomic E-state index is 15.2. The van der Waals surface area contributed by atoms with E-state index in [0.29, 0.717) is 24.9 Å². The minimum Gasteiger partial charge on any atom is -0.355 e. The predicted octanol–water partition coefficient (Wildman–Crippen LogP) is 3.20. The van der Waals surface area contributed by atoms with E-state index in [1.54, 1.807) is 12.1 Å². The molecule has 0 spiro atoms. The molecule has 0 radical (unpaired) electrons. The molecule has 4 rings (SSSR count). The first-order valence-electron chi connectivity index (χ1n) is 11.2. The van der Waals surface area contributed by atoms with Gasteiger partial charge in [-0.25, -0.2) is 14.2 Å². The number of fused-ring (bicyclic) bond motifs is 1. The Balaban J connectivity index is 1.65. The molecule has 0 bridgehead atoms. The number of carbonyl (C=O) groups is 1. The van der Waals surface area contributed by atoms with Gasteiger partial charge in [-0.3, -0.25) is 10.2 Å². The molecule has 8 heteroatoms. The number of hydrazine groups is 1. The van der Waals surface area contributed by atoms with Crippen LogP contribution in [0.25, 0.3) is 0 Å². The smallest absolute Gasteiger partial charge is 0.253 e. The number of benzene rings is 2. The first kappa shape index (κ1) is 23.3. The Kier molecular flexibility index (Phi) is 6.75. The van der Waals surface area contributed by atoms with Gasteiger partial charge in [0, 0.05) is 25.6 Å². The normalized spacial score (nSPS) is 26.5. The number of halogens is 2. The highest BCUT2D eigenvalue weighted by Gasteiger charge is 2.46. The number of carbonyl (C=O) groups excluding carboxylic acids is 1. The van der Waals surface area contributed by atoms with E-state index in [1.807, 2.05) is 20.0 Å². The molecule has 5 atom stereocenters.